The van der Waals surface area contributed by atoms with Crippen molar-refractivity contribution < 1.29 is 0 Å². The standard InChI is InChI=1S/C25H32N4O4/c1-5-7-9-11-14-28-22(30)18-20(3)26(24(28)32)16-13-17-27-21(4)19-23(31)29(25(27)33)15-12-10-8-6-2/h1-2,18-19H,7-17H2,3-4H3. The van der Waals surface area contributed by atoms with Crippen LogP contribution in [0.25, 0.3) is 0 Å². The molecule has 0 spiro atoms. The summed E-state index contributed by atoms with van der Waals surface area (Å²) in [4.78, 5) is 50.3. The number of nitrogens with zero attached hydrogens (tertiary/aromatic N) is 4. The van der Waals surface area contributed by atoms with Gasteiger partial charge in [0.2, 0.25) is 0 Å². The molecule has 8 heteroatoms. The van der Waals surface area contributed by atoms with E-state index in [1.807, 2.05) is 0 Å². The van der Waals surface area contributed by atoms with Crippen LogP contribution in [0.5, 0.6) is 0 Å². The van der Waals surface area contributed by atoms with E-state index in [0.717, 1.165) is 12.8 Å². The molecule has 0 saturated carbocycles. The lowest BCUT2D eigenvalue weighted by Gasteiger charge is -2.15. The summed E-state index contributed by atoms with van der Waals surface area (Å²) in [5, 5.41) is 0. The van der Waals surface area contributed by atoms with Gasteiger partial charge in [0.05, 0.1) is 0 Å². The van der Waals surface area contributed by atoms with Gasteiger partial charge in [0, 0.05) is 62.5 Å². The summed E-state index contributed by atoms with van der Waals surface area (Å²) in [5.41, 5.74) is -0.205. The van der Waals surface area contributed by atoms with E-state index in [9.17, 15) is 19.2 Å². The molecule has 2 aromatic rings. The highest BCUT2D eigenvalue weighted by atomic mass is 16.2. The Balaban J connectivity index is 2.17. The van der Waals surface area contributed by atoms with Crippen molar-refractivity contribution in [2.45, 2.75) is 85.0 Å². The normalized spacial score (nSPS) is 10.7. The Bertz CT molecular complexity index is 1180. The van der Waals surface area contributed by atoms with Gasteiger partial charge in [0.1, 0.15) is 0 Å². The maximum atomic E-state index is 12.9. The molecule has 176 valence electrons. The Hall–Kier alpha value is -3.52. The zero-order chi connectivity index (χ0) is 24.4. The molecule has 0 amide bonds. The number of unbranched alkanes of at least 4 members (excludes halogenated alkanes) is 4. The largest absolute Gasteiger partial charge is 0.331 e. The molecule has 2 rings (SSSR count). The predicted molar refractivity (Wildman–Crippen MR) is 129 cm³/mol. The van der Waals surface area contributed by atoms with Crippen LogP contribution in [0.3, 0.4) is 0 Å². The molecule has 33 heavy (non-hydrogen) atoms. The minimum Gasteiger partial charge on any atom is -0.298 e. The zero-order valence-electron chi connectivity index (χ0n) is 19.5. The maximum Gasteiger partial charge on any atom is 0.331 e. The Morgan fingerprint density at radius 1 is 0.606 bits per heavy atom. The van der Waals surface area contributed by atoms with Gasteiger partial charge < -0.3 is 0 Å². The van der Waals surface area contributed by atoms with E-state index in [-0.39, 0.29) is 22.5 Å². The fourth-order valence-electron chi connectivity index (χ4n) is 3.79. The van der Waals surface area contributed by atoms with Crippen LogP contribution >= 0.6 is 0 Å². The van der Waals surface area contributed by atoms with Gasteiger partial charge in [0.25, 0.3) is 11.1 Å². The van der Waals surface area contributed by atoms with Gasteiger partial charge in [-0.2, -0.15) is 0 Å². The molecule has 0 aromatic carbocycles. The Labute approximate surface area is 193 Å². The second-order valence-corrected chi connectivity index (χ2v) is 8.10. The molecule has 2 aromatic heterocycles. The fourth-order valence-corrected chi connectivity index (χ4v) is 3.79. The first-order chi connectivity index (χ1) is 15.8. The van der Waals surface area contributed by atoms with Gasteiger partial charge in [-0.1, -0.05) is 0 Å². The molecule has 0 atom stereocenters. The van der Waals surface area contributed by atoms with E-state index in [1.165, 1.54) is 21.3 Å². The molecule has 0 aliphatic rings. The van der Waals surface area contributed by atoms with Crippen LogP contribution in [0.1, 0.15) is 56.3 Å². The first kappa shape index (κ1) is 25.7. The predicted octanol–water partition coefficient (Wildman–Crippen LogP) is 1.65. The maximum absolute atomic E-state index is 12.9. The third-order valence-corrected chi connectivity index (χ3v) is 5.64. The molecule has 0 aliphatic heterocycles. The number of terminal acetylenes is 2. The minimum atomic E-state index is -0.358. The molecular weight excluding hydrogens is 420 g/mol. The van der Waals surface area contributed by atoms with Gasteiger partial charge in [0.15, 0.2) is 0 Å². The Morgan fingerprint density at radius 2 is 0.970 bits per heavy atom. The van der Waals surface area contributed by atoms with Crippen molar-refractivity contribution in [1.82, 2.24) is 18.3 Å². The van der Waals surface area contributed by atoms with Crippen molar-refractivity contribution in [3.05, 3.63) is 65.2 Å². The summed E-state index contributed by atoms with van der Waals surface area (Å²) in [6.45, 7) is 4.79. The summed E-state index contributed by atoms with van der Waals surface area (Å²) in [6.07, 6.45) is 15.0. The summed E-state index contributed by atoms with van der Waals surface area (Å²) < 4.78 is 5.58. The first-order valence-electron chi connectivity index (χ1n) is 11.3. The molecule has 0 bridgehead atoms. The second-order valence-electron chi connectivity index (χ2n) is 8.10. The fraction of sp³-hybridized carbons (Fsp3) is 0.520. The number of aromatic nitrogens is 4. The molecule has 0 aliphatic carbocycles. The third kappa shape index (κ3) is 6.73. The molecule has 0 unspecified atom stereocenters. The van der Waals surface area contributed by atoms with Gasteiger partial charge in [-0.05, 0) is 46.0 Å². The van der Waals surface area contributed by atoms with Crippen molar-refractivity contribution in [2.24, 2.45) is 0 Å². The highest BCUT2D eigenvalue weighted by Gasteiger charge is 2.11. The number of hydrogen-bond donors (Lipinski definition) is 0. The quantitative estimate of drug-likeness (QED) is 0.362. The number of rotatable bonds is 12. The van der Waals surface area contributed by atoms with Crippen LogP contribution in [0, 0.1) is 38.5 Å². The average Bonchev–Trinajstić information content (AvgIpc) is 2.76. The van der Waals surface area contributed by atoms with Gasteiger partial charge in [-0.3, -0.25) is 27.9 Å². The van der Waals surface area contributed by atoms with E-state index >= 15 is 0 Å². The van der Waals surface area contributed by atoms with Crippen LogP contribution in [0.4, 0.5) is 0 Å². The van der Waals surface area contributed by atoms with Crippen LogP contribution in [-0.4, -0.2) is 18.3 Å². The molecule has 2 heterocycles. The van der Waals surface area contributed by atoms with Gasteiger partial charge in [-0.15, -0.1) is 24.7 Å². The third-order valence-electron chi connectivity index (χ3n) is 5.64. The topological polar surface area (TPSA) is 88.0 Å². The average molecular weight is 453 g/mol. The van der Waals surface area contributed by atoms with E-state index in [0.29, 0.717) is 69.7 Å². The van der Waals surface area contributed by atoms with Crippen LogP contribution in [0.15, 0.2) is 31.3 Å². The number of aryl methyl sites for hydroxylation is 2. The van der Waals surface area contributed by atoms with Crippen LogP contribution in [0.2, 0.25) is 0 Å². The van der Waals surface area contributed by atoms with Gasteiger partial charge >= 0.3 is 11.4 Å². The summed E-state index contributed by atoms with van der Waals surface area (Å²) in [6, 6.07) is 2.91. The van der Waals surface area contributed by atoms with Crippen molar-refractivity contribution in [2.75, 3.05) is 0 Å². The SMILES string of the molecule is C#CCCCCn1c(=O)cc(C)n(CCCn2c(C)cc(=O)n(CCCCC#C)c2=O)c1=O. The summed E-state index contributed by atoms with van der Waals surface area (Å²) in [5.74, 6) is 5.11. The Morgan fingerprint density at radius 3 is 1.33 bits per heavy atom. The molecule has 0 N–H and O–H groups in total. The smallest absolute Gasteiger partial charge is 0.298 e. The highest BCUT2D eigenvalue weighted by Crippen LogP contribution is 2.01. The molecule has 0 saturated heterocycles. The van der Waals surface area contributed by atoms with E-state index in [2.05, 4.69) is 11.8 Å². The van der Waals surface area contributed by atoms with Crippen LogP contribution in [-0.2, 0) is 26.2 Å². The lowest BCUT2D eigenvalue weighted by atomic mass is 10.2. The van der Waals surface area contributed by atoms with Crippen molar-refractivity contribution in [3.8, 4) is 24.7 Å². The monoisotopic (exact) mass is 452 g/mol. The second kappa shape index (κ2) is 12.5. The van der Waals surface area contributed by atoms with Gasteiger partial charge in [-0.25, -0.2) is 9.59 Å². The summed E-state index contributed by atoms with van der Waals surface area (Å²) in [7, 11) is 0. The Kier molecular flexibility index (Phi) is 9.75. The summed E-state index contributed by atoms with van der Waals surface area (Å²) >= 11 is 0. The molecule has 8 nitrogen and oxygen atoms in total. The lowest BCUT2D eigenvalue weighted by molar-refractivity contribution is 0.464. The molecular formula is C25H32N4O4. The lowest BCUT2D eigenvalue weighted by Crippen LogP contribution is -2.42. The molecule has 0 radical (unpaired) electrons. The van der Waals surface area contributed by atoms with Crippen molar-refractivity contribution >= 4 is 0 Å². The number of hydrogen-bond acceptors (Lipinski definition) is 4. The van der Waals surface area contributed by atoms with Crippen LogP contribution < -0.4 is 22.5 Å². The van der Waals surface area contributed by atoms with E-state index < -0.39 is 0 Å². The minimum absolute atomic E-state index is 0.321. The van der Waals surface area contributed by atoms with Crippen molar-refractivity contribution in [3.63, 3.8) is 0 Å². The highest BCUT2D eigenvalue weighted by molar-refractivity contribution is 5.02. The van der Waals surface area contributed by atoms with E-state index in [1.54, 1.807) is 23.0 Å². The van der Waals surface area contributed by atoms with E-state index in [4.69, 9.17) is 12.8 Å². The molecule has 0 fully saturated rings. The van der Waals surface area contributed by atoms with Crippen molar-refractivity contribution in [1.29, 1.82) is 0 Å². The first-order valence-corrected chi connectivity index (χ1v) is 11.3. The zero-order valence-corrected chi connectivity index (χ0v) is 19.5.